The first kappa shape index (κ1) is 13.0. The minimum absolute atomic E-state index is 0.316. The number of aromatic amines is 1. The highest BCUT2D eigenvalue weighted by molar-refractivity contribution is 6.36. The van der Waals surface area contributed by atoms with Gasteiger partial charge in [-0.3, -0.25) is 9.89 Å². The molecule has 3 aromatic rings. The van der Waals surface area contributed by atoms with Crippen LogP contribution < -0.4 is 5.32 Å². The van der Waals surface area contributed by atoms with Crippen LogP contribution in [0.2, 0.25) is 10.0 Å². The van der Waals surface area contributed by atoms with E-state index in [2.05, 4.69) is 15.5 Å². The van der Waals surface area contributed by atoms with Crippen LogP contribution in [0.4, 0.5) is 5.82 Å². The minimum Gasteiger partial charge on any atom is -0.305 e. The monoisotopic (exact) mass is 305 g/mol. The quantitative estimate of drug-likeness (QED) is 0.748. The Hall–Kier alpha value is -2.04. The van der Waals surface area contributed by atoms with Gasteiger partial charge in [-0.2, -0.15) is 5.10 Å². The van der Waals surface area contributed by atoms with E-state index in [0.29, 0.717) is 26.9 Å². The Morgan fingerprint density at radius 1 is 1.05 bits per heavy atom. The van der Waals surface area contributed by atoms with E-state index in [9.17, 15) is 4.79 Å². The van der Waals surface area contributed by atoms with Crippen LogP contribution in [-0.4, -0.2) is 16.1 Å². The van der Waals surface area contributed by atoms with Crippen LogP contribution in [0, 0.1) is 0 Å². The van der Waals surface area contributed by atoms with Gasteiger partial charge in [-0.05, 0) is 24.3 Å². The van der Waals surface area contributed by atoms with Gasteiger partial charge in [0.25, 0.3) is 5.91 Å². The number of aromatic nitrogens is 2. The van der Waals surface area contributed by atoms with Crippen molar-refractivity contribution >= 4 is 45.8 Å². The Morgan fingerprint density at radius 2 is 1.80 bits per heavy atom. The summed E-state index contributed by atoms with van der Waals surface area (Å²) < 4.78 is 0. The van der Waals surface area contributed by atoms with Gasteiger partial charge in [0, 0.05) is 5.39 Å². The maximum absolute atomic E-state index is 12.2. The third-order valence-corrected chi connectivity index (χ3v) is 3.54. The summed E-state index contributed by atoms with van der Waals surface area (Å²) in [5.74, 6) is 0.108. The standard InChI is InChI=1S/C14H9Cl2N3O/c15-10-6-2-1-4-8(10)14(20)17-13-9-5-3-7-11(16)12(9)18-19-13/h1-7H,(H2,17,18,19,20). The van der Waals surface area contributed by atoms with Crippen LogP contribution in [0.5, 0.6) is 0 Å². The Morgan fingerprint density at radius 3 is 2.60 bits per heavy atom. The number of para-hydroxylation sites is 1. The molecule has 0 bridgehead atoms. The summed E-state index contributed by atoms with van der Waals surface area (Å²) in [5.41, 5.74) is 1.08. The van der Waals surface area contributed by atoms with Crippen molar-refractivity contribution in [3.63, 3.8) is 0 Å². The number of fused-ring (bicyclic) bond motifs is 1. The zero-order valence-electron chi connectivity index (χ0n) is 10.2. The number of benzene rings is 2. The van der Waals surface area contributed by atoms with Gasteiger partial charge in [-0.1, -0.05) is 41.4 Å². The van der Waals surface area contributed by atoms with Gasteiger partial charge in [0.1, 0.15) is 0 Å². The second-order valence-corrected chi connectivity index (χ2v) is 4.98. The van der Waals surface area contributed by atoms with Gasteiger partial charge in [-0.25, -0.2) is 0 Å². The van der Waals surface area contributed by atoms with Crippen molar-refractivity contribution in [3.8, 4) is 0 Å². The molecule has 0 saturated carbocycles. The molecule has 0 spiro atoms. The number of halogens is 2. The molecule has 0 aliphatic rings. The number of H-pyrrole nitrogens is 1. The van der Waals surface area contributed by atoms with E-state index in [1.54, 1.807) is 36.4 Å². The number of rotatable bonds is 2. The summed E-state index contributed by atoms with van der Waals surface area (Å²) in [5, 5.41) is 11.3. The van der Waals surface area contributed by atoms with Crippen LogP contribution in [0.1, 0.15) is 10.4 Å². The van der Waals surface area contributed by atoms with Crippen LogP contribution >= 0.6 is 23.2 Å². The molecule has 0 aliphatic heterocycles. The van der Waals surface area contributed by atoms with Crippen LogP contribution in [0.15, 0.2) is 42.5 Å². The first-order valence-corrected chi connectivity index (χ1v) is 6.61. The molecule has 1 aromatic heterocycles. The summed E-state index contributed by atoms with van der Waals surface area (Å²) in [7, 11) is 0. The van der Waals surface area contributed by atoms with Crippen LogP contribution in [-0.2, 0) is 0 Å². The van der Waals surface area contributed by atoms with Crippen molar-refractivity contribution in [2.45, 2.75) is 0 Å². The lowest BCUT2D eigenvalue weighted by atomic mass is 10.2. The van der Waals surface area contributed by atoms with Crippen molar-refractivity contribution in [2.24, 2.45) is 0 Å². The summed E-state index contributed by atoms with van der Waals surface area (Å²) >= 11 is 12.0. The predicted molar refractivity (Wildman–Crippen MR) is 80.5 cm³/mol. The van der Waals surface area contributed by atoms with E-state index < -0.39 is 0 Å². The fourth-order valence-electron chi connectivity index (χ4n) is 1.92. The molecule has 6 heteroatoms. The van der Waals surface area contributed by atoms with Crippen molar-refractivity contribution in [1.29, 1.82) is 0 Å². The molecule has 20 heavy (non-hydrogen) atoms. The summed E-state index contributed by atoms with van der Waals surface area (Å²) in [6.45, 7) is 0. The topological polar surface area (TPSA) is 57.8 Å². The zero-order valence-corrected chi connectivity index (χ0v) is 11.7. The summed E-state index contributed by atoms with van der Waals surface area (Å²) in [6, 6.07) is 12.2. The molecule has 2 N–H and O–H groups in total. The Kier molecular flexibility index (Phi) is 3.34. The molecule has 0 fully saturated rings. The van der Waals surface area contributed by atoms with E-state index in [4.69, 9.17) is 23.2 Å². The zero-order chi connectivity index (χ0) is 14.1. The fraction of sp³-hybridized carbons (Fsp3) is 0. The highest BCUT2D eigenvalue weighted by Gasteiger charge is 2.14. The van der Waals surface area contributed by atoms with Gasteiger partial charge in [0.05, 0.1) is 21.1 Å². The Balaban J connectivity index is 1.96. The average Bonchev–Trinajstić information content (AvgIpc) is 2.84. The fourth-order valence-corrected chi connectivity index (χ4v) is 2.36. The number of carbonyl (C=O) groups is 1. The summed E-state index contributed by atoms with van der Waals surface area (Å²) in [6.07, 6.45) is 0. The van der Waals surface area contributed by atoms with Gasteiger partial charge < -0.3 is 5.32 Å². The maximum Gasteiger partial charge on any atom is 0.258 e. The number of hydrogen-bond donors (Lipinski definition) is 2. The normalized spacial score (nSPS) is 10.7. The minimum atomic E-state index is -0.316. The maximum atomic E-state index is 12.2. The lowest BCUT2D eigenvalue weighted by Gasteiger charge is -2.04. The number of carbonyl (C=O) groups excluding carboxylic acids is 1. The molecule has 100 valence electrons. The highest BCUT2D eigenvalue weighted by Crippen LogP contribution is 2.27. The molecule has 4 nitrogen and oxygen atoms in total. The van der Waals surface area contributed by atoms with Gasteiger partial charge in [0.2, 0.25) is 0 Å². The number of amides is 1. The van der Waals surface area contributed by atoms with Crippen LogP contribution in [0.25, 0.3) is 10.9 Å². The summed E-state index contributed by atoms with van der Waals surface area (Å²) in [4.78, 5) is 12.2. The van der Waals surface area contributed by atoms with E-state index in [-0.39, 0.29) is 5.91 Å². The third-order valence-electron chi connectivity index (χ3n) is 2.90. The predicted octanol–water partition coefficient (Wildman–Crippen LogP) is 4.12. The molecule has 1 amide bonds. The molecule has 0 unspecified atom stereocenters. The Bertz CT molecular complexity index is 798. The first-order chi connectivity index (χ1) is 9.66. The largest absolute Gasteiger partial charge is 0.305 e. The molecule has 3 rings (SSSR count). The smallest absolute Gasteiger partial charge is 0.258 e. The Labute approximate surface area is 124 Å². The van der Waals surface area contributed by atoms with E-state index in [0.717, 1.165) is 5.39 Å². The van der Waals surface area contributed by atoms with Gasteiger partial charge >= 0.3 is 0 Å². The first-order valence-electron chi connectivity index (χ1n) is 5.85. The van der Waals surface area contributed by atoms with Crippen molar-refractivity contribution in [3.05, 3.63) is 58.1 Å². The number of nitrogens with zero attached hydrogens (tertiary/aromatic N) is 1. The highest BCUT2D eigenvalue weighted by atomic mass is 35.5. The third kappa shape index (κ3) is 2.24. The van der Waals surface area contributed by atoms with Gasteiger partial charge in [-0.15, -0.1) is 0 Å². The van der Waals surface area contributed by atoms with E-state index >= 15 is 0 Å². The average molecular weight is 306 g/mol. The number of hydrogen-bond acceptors (Lipinski definition) is 2. The number of nitrogens with one attached hydrogen (secondary N) is 2. The van der Waals surface area contributed by atoms with Crippen molar-refractivity contribution < 1.29 is 4.79 Å². The number of anilines is 1. The second-order valence-electron chi connectivity index (χ2n) is 4.17. The second kappa shape index (κ2) is 5.15. The molecule has 0 saturated heterocycles. The molecular weight excluding hydrogens is 297 g/mol. The van der Waals surface area contributed by atoms with Crippen molar-refractivity contribution in [1.82, 2.24) is 10.2 Å². The molecule has 0 atom stereocenters. The molecule has 1 heterocycles. The molecule has 0 radical (unpaired) electrons. The van der Waals surface area contributed by atoms with E-state index in [1.807, 2.05) is 6.07 Å². The van der Waals surface area contributed by atoms with Crippen LogP contribution in [0.3, 0.4) is 0 Å². The van der Waals surface area contributed by atoms with Gasteiger partial charge in [0.15, 0.2) is 5.82 Å². The lowest BCUT2D eigenvalue weighted by Crippen LogP contribution is -2.12. The molecule has 0 aliphatic carbocycles. The molecular formula is C14H9Cl2N3O. The van der Waals surface area contributed by atoms with E-state index in [1.165, 1.54) is 0 Å². The lowest BCUT2D eigenvalue weighted by molar-refractivity contribution is 0.102. The molecule has 2 aromatic carbocycles. The SMILES string of the molecule is O=C(Nc1n[nH]c2c(Cl)cccc12)c1ccccc1Cl. The van der Waals surface area contributed by atoms with Crippen molar-refractivity contribution in [2.75, 3.05) is 5.32 Å².